The summed E-state index contributed by atoms with van der Waals surface area (Å²) in [5.74, 6) is 0.766. The van der Waals surface area contributed by atoms with E-state index in [0.29, 0.717) is 27.3 Å². The van der Waals surface area contributed by atoms with Gasteiger partial charge >= 0.3 is 0 Å². The van der Waals surface area contributed by atoms with E-state index in [-0.39, 0.29) is 12.5 Å². The van der Waals surface area contributed by atoms with Crippen molar-refractivity contribution in [2.45, 2.75) is 40.0 Å². The van der Waals surface area contributed by atoms with Crippen LogP contribution in [-0.2, 0) is 17.6 Å². The van der Waals surface area contributed by atoms with Crippen LogP contribution < -0.4 is 10.1 Å². The van der Waals surface area contributed by atoms with E-state index in [0.717, 1.165) is 49.8 Å². The summed E-state index contributed by atoms with van der Waals surface area (Å²) in [5.41, 5.74) is 4.33. The Morgan fingerprint density at radius 2 is 2.21 bits per heavy atom. The maximum atomic E-state index is 12.5. The van der Waals surface area contributed by atoms with Crippen molar-refractivity contribution >= 4 is 62.0 Å². The summed E-state index contributed by atoms with van der Waals surface area (Å²) in [6, 6.07) is 4.05. The normalized spacial score (nSPS) is 15.4. The molecule has 8 heteroatoms. The third-order valence-electron chi connectivity index (χ3n) is 5.07. The fourth-order valence-corrected chi connectivity index (χ4v) is 5.56. The maximum Gasteiger partial charge on any atom is 0.262 e. The zero-order valence-electron chi connectivity index (χ0n) is 16.3. The molecule has 1 atom stereocenters. The first-order valence-corrected chi connectivity index (χ1v) is 11.6. The van der Waals surface area contributed by atoms with Gasteiger partial charge in [-0.3, -0.25) is 4.79 Å². The van der Waals surface area contributed by atoms with Crippen molar-refractivity contribution in [1.29, 1.82) is 5.26 Å². The number of carbonyl (C=O) groups excluding carboxylic acids is 1. The number of rotatable bonds is 4. The van der Waals surface area contributed by atoms with E-state index in [2.05, 4.69) is 34.2 Å². The number of aryl methyl sites for hydroxylation is 1. The van der Waals surface area contributed by atoms with Gasteiger partial charge in [-0.25, -0.2) is 0 Å². The number of carbonyl (C=O) groups is 1. The first kappa shape index (κ1) is 22.2. The highest BCUT2D eigenvalue weighted by Gasteiger charge is 2.23. The lowest BCUT2D eigenvalue weighted by molar-refractivity contribution is -0.118. The van der Waals surface area contributed by atoms with Crippen molar-refractivity contribution < 1.29 is 9.53 Å². The summed E-state index contributed by atoms with van der Waals surface area (Å²) in [6.07, 6.45) is 2.72. The van der Waals surface area contributed by atoms with E-state index in [1.165, 1.54) is 11.3 Å². The Morgan fingerprint density at radius 1 is 1.48 bits per heavy atom. The number of fused-ring (bicyclic) bond motifs is 1. The minimum absolute atomic E-state index is 0.183. The van der Waals surface area contributed by atoms with Crippen molar-refractivity contribution in [3.63, 3.8) is 0 Å². The van der Waals surface area contributed by atoms with Crippen LogP contribution in [0.25, 0.3) is 0 Å². The predicted molar refractivity (Wildman–Crippen MR) is 124 cm³/mol. The molecule has 0 bridgehead atoms. The molecule has 152 valence electrons. The van der Waals surface area contributed by atoms with Gasteiger partial charge in [-0.2, -0.15) is 5.26 Å². The molecular weight excluding hydrogens is 492 g/mol. The van der Waals surface area contributed by atoms with Crippen LogP contribution in [0.15, 0.2) is 10.5 Å². The number of amides is 1. The van der Waals surface area contributed by atoms with Crippen LogP contribution in [0.3, 0.4) is 0 Å². The second-order valence-corrected chi connectivity index (χ2v) is 10.2. The summed E-state index contributed by atoms with van der Waals surface area (Å²) in [5, 5.41) is 13.7. The number of halogens is 2. The molecule has 1 heterocycles. The molecule has 0 fully saturated rings. The quantitative estimate of drug-likeness (QED) is 0.474. The number of hydrogen-bond acceptors (Lipinski definition) is 5. The molecule has 1 aromatic carbocycles. The summed E-state index contributed by atoms with van der Waals surface area (Å²) in [7, 11) is 0. The first-order valence-electron chi connectivity index (χ1n) is 9.19. The molecule has 29 heavy (non-hydrogen) atoms. The zero-order chi connectivity index (χ0) is 21.3. The molecule has 1 aliphatic carbocycles. The largest absolute Gasteiger partial charge is 0.483 e. The van der Waals surface area contributed by atoms with Crippen LogP contribution in [0, 0.1) is 34.9 Å². The number of benzene rings is 1. The molecular formula is C21H20BrClN2O2S2. The Labute approximate surface area is 193 Å². The third kappa shape index (κ3) is 4.66. The molecule has 0 saturated carbocycles. The van der Waals surface area contributed by atoms with Gasteiger partial charge in [-0.05, 0) is 83.3 Å². The van der Waals surface area contributed by atoms with Crippen LogP contribution in [0.4, 0.5) is 5.00 Å². The summed E-state index contributed by atoms with van der Waals surface area (Å²) in [6.45, 7) is 5.78. The minimum Gasteiger partial charge on any atom is -0.483 e. The van der Waals surface area contributed by atoms with Gasteiger partial charge in [0.2, 0.25) is 0 Å². The monoisotopic (exact) mass is 510 g/mol. The SMILES string of the molecule is Cc1cc(OCC(=O)Nc2sc(=S)c3c(c2C#N)CCC(C)C3)c(Br)c(C)c1Cl. The van der Waals surface area contributed by atoms with Crippen LogP contribution in [-0.4, -0.2) is 12.5 Å². The second-order valence-electron chi connectivity index (χ2n) is 7.29. The van der Waals surface area contributed by atoms with Gasteiger partial charge in [-0.15, -0.1) is 11.3 Å². The van der Waals surface area contributed by atoms with E-state index in [4.69, 9.17) is 28.6 Å². The number of nitrogens with one attached hydrogen (secondary N) is 1. The summed E-state index contributed by atoms with van der Waals surface area (Å²) < 4.78 is 7.16. The zero-order valence-corrected chi connectivity index (χ0v) is 20.3. The average molecular weight is 512 g/mol. The topological polar surface area (TPSA) is 62.1 Å². The lowest BCUT2D eigenvalue weighted by Crippen LogP contribution is -2.22. The standard InChI is InChI=1S/C21H20BrClN2O2S2/c1-10-4-5-13-14(6-10)21(28)29-20(15(13)8-24)25-17(26)9-27-16-7-11(2)19(23)12(3)18(16)22/h7,10H,4-6,9H2,1-3H3,(H,25,26). The molecule has 1 N–H and O–H groups in total. The Bertz CT molecular complexity index is 1090. The van der Waals surface area contributed by atoms with Crippen molar-refractivity contribution in [3.05, 3.63) is 47.2 Å². The highest BCUT2D eigenvalue weighted by Crippen LogP contribution is 2.37. The minimum atomic E-state index is -0.339. The molecule has 4 nitrogen and oxygen atoms in total. The van der Waals surface area contributed by atoms with E-state index in [1.54, 1.807) is 6.07 Å². The molecule has 0 radical (unpaired) electrons. The maximum absolute atomic E-state index is 12.5. The number of anilines is 1. The van der Waals surface area contributed by atoms with Gasteiger partial charge in [0.15, 0.2) is 6.61 Å². The van der Waals surface area contributed by atoms with Gasteiger partial charge in [0.1, 0.15) is 16.8 Å². The fourth-order valence-electron chi connectivity index (χ4n) is 3.46. The molecule has 1 aliphatic rings. The van der Waals surface area contributed by atoms with Gasteiger partial charge in [0.25, 0.3) is 5.91 Å². The van der Waals surface area contributed by atoms with E-state index >= 15 is 0 Å². The molecule has 0 spiro atoms. The molecule has 1 unspecified atom stereocenters. The first-order chi connectivity index (χ1) is 13.7. The van der Waals surface area contributed by atoms with Gasteiger partial charge in [0.05, 0.1) is 13.9 Å². The van der Waals surface area contributed by atoms with E-state index < -0.39 is 0 Å². The molecule has 2 aromatic rings. The van der Waals surface area contributed by atoms with Crippen molar-refractivity contribution in [2.75, 3.05) is 11.9 Å². The highest BCUT2D eigenvalue weighted by atomic mass is 79.9. The third-order valence-corrected chi connectivity index (χ3v) is 8.07. The van der Waals surface area contributed by atoms with Crippen molar-refractivity contribution in [2.24, 2.45) is 5.92 Å². The van der Waals surface area contributed by atoms with E-state index in [1.807, 2.05) is 13.8 Å². The number of hydrogen-bond donors (Lipinski definition) is 1. The summed E-state index contributed by atoms with van der Waals surface area (Å²) >= 11 is 16.5. The average Bonchev–Trinajstić information content (AvgIpc) is 2.69. The Balaban J connectivity index is 1.79. The number of ether oxygens (including phenoxy) is 1. The van der Waals surface area contributed by atoms with Crippen LogP contribution in [0.2, 0.25) is 5.02 Å². The van der Waals surface area contributed by atoms with Crippen molar-refractivity contribution in [1.82, 2.24) is 0 Å². The van der Waals surface area contributed by atoms with Gasteiger partial charge < -0.3 is 10.1 Å². The van der Waals surface area contributed by atoms with Crippen LogP contribution >= 0.6 is 51.1 Å². The lowest BCUT2D eigenvalue weighted by atomic mass is 9.85. The molecule has 1 amide bonds. The fraction of sp³-hybridized carbons (Fsp3) is 0.381. The lowest BCUT2D eigenvalue weighted by Gasteiger charge is -2.23. The van der Waals surface area contributed by atoms with Crippen molar-refractivity contribution in [3.8, 4) is 11.8 Å². The highest BCUT2D eigenvalue weighted by molar-refractivity contribution is 9.10. The Kier molecular flexibility index (Phi) is 7.00. The second kappa shape index (κ2) is 9.13. The smallest absolute Gasteiger partial charge is 0.262 e. The van der Waals surface area contributed by atoms with Gasteiger partial charge in [0, 0.05) is 5.02 Å². The Hall–Kier alpha value is -1.46. The van der Waals surface area contributed by atoms with Gasteiger partial charge in [-0.1, -0.05) is 30.7 Å². The number of nitrogens with zero attached hydrogens (tertiary/aromatic N) is 1. The number of nitriles is 1. The summed E-state index contributed by atoms with van der Waals surface area (Å²) in [4.78, 5) is 12.5. The van der Waals surface area contributed by atoms with Crippen LogP contribution in [0.5, 0.6) is 5.75 Å². The molecule has 0 aliphatic heterocycles. The Morgan fingerprint density at radius 3 is 2.90 bits per heavy atom. The molecule has 0 saturated heterocycles. The van der Waals surface area contributed by atoms with E-state index in [9.17, 15) is 10.1 Å². The molecule has 3 rings (SSSR count). The predicted octanol–water partition coefficient (Wildman–Crippen LogP) is 6.52. The van der Waals surface area contributed by atoms with Crippen LogP contribution in [0.1, 0.15) is 41.2 Å². The molecule has 1 aromatic heterocycles.